The van der Waals surface area contributed by atoms with E-state index in [9.17, 15) is 0 Å². The largest absolute Gasteiger partial charge is 0.330 e. The lowest BCUT2D eigenvalue weighted by molar-refractivity contribution is 0.314. The highest BCUT2D eigenvalue weighted by molar-refractivity contribution is 5.14. The molecule has 0 aromatic carbocycles. The van der Waals surface area contributed by atoms with Crippen molar-refractivity contribution in [3.05, 3.63) is 29.6 Å². The Morgan fingerprint density at radius 3 is 2.74 bits per heavy atom. The fourth-order valence-electron chi connectivity index (χ4n) is 4.12. The highest BCUT2D eigenvalue weighted by Gasteiger charge is 2.38. The second-order valence-electron chi connectivity index (χ2n) is 6.52. The normalized spacial score (nSPS) is 29.0. The van der Waals surface area contributed by atoms with Gasteiger partial charge in [0.05, 0.1) is 0 Å². The molecule has 2 fully saturated rings. The molecule has 0 spiro atoms. The molecule has 19 heavy (non-hydrogen) atoms. The van der Waals surface area contributed by atoms with E-state index < -0.39 is 0 Å². The van der Waals surface area contributed by atoms with Gasteiger partial charge in [-0.1, -0.05) is 12.5 Å². The third kappa shape index (κ3) is 3.17. The van der Waals surface area contributed by atoms with Crippen LogP contribution in [0.15, 0.2) is 18.3 Å². The van der Waals surface area contributed by atoms with Crippen molar-refractivity contribution in [2.24, 2.45) is 23.5 Å². The Morgan fingerprint density at radius 1 is 1.16 bits per heavy atom. The third-order valence-electron chi connectivity index (χ3n) is 5.21. The van der Waals surface area contributed by atoms with Crippen LogP contribution in [0.3, 0.4) is 0 Å². The number of fused-ring (bicyclic) bond motifs is 2. The first-order valence-electron chi connectivity index (χ1n) is 7.99. The average molecular weight is 258 g/mol. The number of hydrogen-bond donors (Lipinski definition) is 1. The maximum Gasteiger partial charge on any atom is 0.0403 e. The van der Waals surface area contributed by atoms with E-state index in [1.807, 2.05) is 6.20 Å². The standard InChI is InChI=1S/C17H26N2/c18-9-1-2-13-4-7-17(19-12-13)8-6-16-11-14-3-5-15(16)10-14/h4,7,12,14-16H,1-3,5-6,8-11,18H2. The molecule has 2 heteroatoms. The zero-order chi connectivity index (χ0) is 13.1. The minimum Gasteiger partial charge on any atom is -0.330 e. The van der Waals surface area contributed by atoms with Crippen molar-refractivity contribution in [2.45, 2.75) is 51.4 Å². The summed E-state index contributed by atoms with van der Waals surface area (Å²) in [6, 6.07) is 4.46. The Labute approximate surface area is 116 Å². The zero-order valence-electron chi connectivity index (χ0n) is 11.9. The molecule has 3 rings (SSSR count). The molecule has 2 nitrogen and oxygen atoms in total. The van der Waals surface area contributed by atoms with Crippen molar-refractivity contribution in [2.75, 3.05) is 6.54 Å². The molecule has 0 aliphatic heterocycles. The number of aryl methyl sites for hydroxylation is 2. The van der Waals surface area contributed by atoms with Gasteiger partial charge in [0.25, 0.3) is 0 Å². The summed E-state index contributed by atoms with van der Waals surface area (Å²) in [6.07, 6.45) is 12.7. The first-order chi connectivity index (χ1) is 9.35. The van der Waals surface area contributed by atoms with E-state index >= 15 is 0 Å². The monoisotopic (exact) mass is 258 g/mol. The van der Waals surface area contributed by atoms with E-state index in [1.54, 1.807) is 0 Å². The summed E-state index contributed by atoms with van der Waals surface area (Å²) < 4.78 is 0. The molecule has 2 bridgehead atoms. The van der Waals surface area contributed by atoms with E-state index in [0.717, 1.165) is 37.1 Å². The van der Waals surface area contributed by atoms with Crippen LogP contribution in [0.1, 0.15) is 49.8 Å². The van der Waals surface area contributed by atoms with E-state index in [-0.39, 0.29) is 0 Å². The Balaban J connectivity index is 1.47. The van der Waals surface area contributed by atoms with Crippen LogP contribution < -0.4 is 5.73 Å². The van der Waals surface area contributed by atoms with Crippen molar-refractivity contribution < 1.29 is 0 Å². The number of pyridine rings is 1. The van der Waals surface area contributed by atoms with Crippen molar-refractivity contribution in [3.8, 4) is 0 Å². The minimum absolute atomic E-state index is 0.770. The summed E-state index contributed by atoms with van der Waals surface area (Å²) in [5.41, 5.74) is 8.14. The van der Waals surface area contributed by atoms with Gasteiger partial charge in [0, 0.05) is 11.9 Å². The topological polar surface area (TPSA) is 38.9 Å². The van der Waals surface area contributed by atoms with E-state index in [4.69, 9.17) is 5.73 Å². The maximum absolute atomic E-state index is 5.53. The second kappa shape index (κ2) is 6.04. The van der Waals surface area contributed by atoms with Gasteiger partial charge < -0.3 is 5.73 Å². The van der Waals surface area contributed by atoms with Crippen molar-refractivity contribution in [1.29, 1.82) is 0 Å². The summed E-state index contributed by atoms with van der Waals surface area (Å²) in [7, 11) is 0. The van der Waals surface area contributed by atoms with Crippen LogP contribution in [0.25, 0.3) is 0 Å². The molecule has 3 unspecified atom stereocenters. The number of aromatic nitrogens is 1. The lowest BCUT2D eigenvalue weighted by atomic mass is 9.85. The highest BCUT2D eigenvalue weighted by Crippen LogP contribution is 2.49. The van der Waals surface area contributed by atoms with Gasteiger partial charge in [-0.05, 0) is 80.9 Å². The fraction of sp³-hybridized carbons (Fsp3) is 0.706. The van der Waals surface area contributed by atoms with Crippen LogP contribution >= 0.6 is 0 Å². The van der Waals surface area contributed by atoms with Crippen molar-refractivity contribution in [3.63, 3.8) is 0 Å². The molecule has 2 saturated carbocycles. The van der Waals surface area contributed by atoms with Crippen LogP contribution in [-0.4, -0.2) is 11.5 Å². The lowest BCUT2D eigenvalue weighted by Gasteiger charge is -2.21. The van der Waals surface area contributed by atoms with Gasteiger partial charge in [-0.15, -0.1) is 0 Å². The number of nitrogens with two attached hydrogens (primary N) is 1. The van der Waals surface area contributed by atoms with Gasteiger partial charge in [0.1, 0.15) is 0 Å². The van der Waals surface area contributed by atoms with E-state index in [2.05, 4.69) is 17.1 Å². The number of nitrogens with zero attached hydrogens (tertiary/aromatic N) is 1. The number of rotatable bonds is 6. The van der Waals surface area contributed by atoms with Crippen molar-refractivity contribution >= 4 is 0 Å². The smallest absolute Gasteiger partial charge is 0.0403 e. The summed E-state index contributed by atoms with van der Waals surface area (Å²) in [6.45, 7) is 0.770. The molecule has 2 aliphatic rings. The third-order valence-corrected chi connectivity index (χ3v) is 5.21. The summed E-state index contributed by atoms with van der Waals surface area (Å²) >= 11 is 0. The highest BCUT2D eigenvalue weighted by atomic mass is 14.7. The quantitative estimate of drug-likeness (QED) is 0.850. The molecule has 2 aliphatic carbocycles. The van der Waals surface area contributed by atoms with E-state index in [1.165, 1.54) is 49.8 Å². The molecular weight excluding hydrogens is 232 g/mol. The molecule has 1 aromatic rings. The molecule has 0 amide bonds. The lowest BCUT2D eigenvalue weighted by Crippen LogP contribution is -2.11. The predicted octanol–water partition coefficient (Wildman–Crippen LogP) is 3.34. The van der Waals surface area contributed by atoms with Gasteiger partial charge in [-0.25, -0.2) is 0 Å². The van der Waals surface area contributed by atoms with Gasteiger partial charge in [-0.3, -0.25) is 4.98 Å². The maximum atomic E-state index is 5.53. The molecule has 1 aromatic heterocycles. The molecule has 2 N–H and O–H groups in total. The first kappa shape index (κ1) is 13.1. The summed E-state index contributed by atoms with van der Waals surface area (Å²) in [5, 5.41) is 0. The average Bonchev–Trinajstić information content (AvgIpc) is 3.06. The molecular formula is C17H26N2. The molecule has 104 valence electrons. The Kier molecular flexibility index (Phi) is 4.17. The molecule has 0 radical (unpaired) electrons. The van der Waals surface area contributed by atoms with Crippen LogP contribution in [0.2, 0.25) is 0 Å². The van der Waals surface area contributed by atoms with Crippen LogP contribution in [0, 0.1) is 17.8 Å². The summed E-state index contributed by atoms with van der Waals surface area (Å²) in [4.78, 5) is 4.61. The predicted molar refractivity (Wildman–Crippen MR) is 78.9 cm³/mol. The van der Waals surface area contributed by atoms with Crippen LogP contribution in [0.4, 0.5) is 0 Å². The Morgan fingerprint density at radius 2 is 2.11 bits per heavy atom. The van der Waals surface area contributed by atoms with Gasteiger partial charge in [-0.2, -0.15) is 0 Å². The van der Waals surface area contributed by atoms with E-state index in [0.29, 0.717) is 0 Å². The first-order valence-corrected chi connectivity index (χ1v) is 7.99. The minimum atomic E-state index is 0.770. The van der Waals surface area contributed by atoms with Gasteiger partial charge in [0.15, 0.2) is 0 Å². The molecule has 1 heterocycles. The van der Waals surface area contributed by atoms with Gasteiger partial charge >= 0.3 is 0 Å². The zero-order valence-corrected chi connectivity index (χ0v) is 11.9. The molecule has 3 atom stereocenters. The molecule has 0 saturated heterocycles. The van der Waals surface area contributed by atoms with Crippen molar-refractivity contribution in [1.82, 2.24) is 4.98 Å². The van der Waals surface area contributed by atoms with Gasteiger partial charge in [0.2, 0.25) is 0 Å². The number of hydrogen-bond acceptors (Lipinski definition) is 2. The second-order valence-corrected chi connectivity index (χ2v) is 6.52. The SMILES string of the molecule is NCCCc1ccc(CCC2CC3CCC2C3)nc1. The summed E-state index contributed by atoms with van der Waals surface area (Å²) in [5.74, 6) is 3.12. The fourth-order valence-corrected chi connectivity index (χ4v) is 4.12. The van der Waals surface area contributed by atoms with Crippen LogP contribution in [-0.2, 0) is 12.8 Å². The Bertz CT molecular complexity index is 398. The van der Waals surface area contributed by atoms with Crippen LogP contribution in [0.5, 0.6) is 0 Å². The Hall–Kier alpha value is -0.890.